The summed E-state index contributed by atoms with van der Waals surface area (Å²) < 4.78 is 5.14. The van der Waals surface area contributed by atoms with Crippen LogP contribution in [0.2, 0.25) is 0 Å². The van der Waals surface area contributed by atoms with Crippen LogP contribution in [0.3, 0.4) is 0 Å². The maximum Gasteiger partial charge on any atom is 0.226 e. The lowest BCUT2D eigenvalue weighted by Crippen LogP contribution is -2.50. The van der Waals surface area contributed by atoms with Crippen LogP contribution in [0, 0.1) is 0 Å². The molecule has 1 aromatic heterocycles. The van der Waals surface area contributed by atoms with Gasteiger partial charge in [0, 0.05) is 63.1 Å². The van der Waals surface area contributed by atoms with Gasteiger partial charge in [0.2, 0.25) is 11.8 Å². The molecule has 0 bridgehead atoms. The molecule has 0 spiro atoms. The van der Waals surface area contributed by atoms with Crippen LogP contribution in [0.25, 0.3) is 0 Å². The Balaban J connectivity index is 1.41. The zero-order chi connectivity index (χ0) is 16.1. The fourth-order valence-corrected chi connectivity index (χ4v) is 3.89. The van der Waals surface area contributed by atoms with Gasteiger partial charge in [-0.25, -0.2) is 0 Å². The molecule has 1 aromatic rings. The first-order chi connectivity index (χ1) is 11.2. The van der Waals surface area contributed by atoms with Crippen molar-refractivity contribution in [2.75, 3.05) is 44.2 Å². The van der Waals surface area contributed by atoms with Gasteiger partial charge >= 0.3 is 0 Å². The smallest absolute Gasteiger partial charge is 0.226 e. The summed E-state index contributed by atoms with van der Waals surface area (Å²) in [5.74, 6) is 3.90. The summed E-state index contributed by atoms with van der Waals surface area (Å²) in [5.41, 5.74) is 0. The second-order valence-electron chi connectivity index (χ2n) is 6.04. The van der Waals surface area contributed by atoms with Crippen molar-refractivity contribution in [1.82, 2.24) is 25.3 Å². The maximum absolute atomic E-state index is 12.4. The Morgan fingerprint density at radius 3 is 2.87 bits per heavy atom. The summed E-state index contributed by atoms with van der Waals surface area (Å²) in [6.45, 7) is 7.03. The Morgan fingerprint density at radius 1 is 1.39 bits per heavy atom. The molecule has 0 saturated carbocycles. The predicted octanol–water partition coefficient (Wildman–Crippen LogP) is 0.371. The zero-order valence-corrected chi connectivity index (χ0v) is 14.5. The van der Waals surface area contributed by atoms with Crippen LogP contribution < -0.4 is 5.32 Å². The van der Waals surface area contributed by atoms with Gasteiger partial charge in [-0.15, -0.1) is 0 Å². The van der Waals surface area contributed by atoms with Crippen LogP contribution in [0.4, 0.5) is 0 Å². The van der Waals surface area contributed by atoms with E-state index in [9.17, 15) is 4.79 Å². The molecule has 0 aliphatic carbocycles. The summed E-state index contributed by atoms with van der Waals surface area (Å²) in [6.07, 6.45) is 1.39. The molecule has 7 nitrogen and oxygen atoms in total. The minimum atomic E-state index is 0.275. The third kappa shape index (κ3) is 4.68. The minimum absolute atomic E-state index is 0.275. The standard InChI is InChI=1S/C15H25N5O2S/c1-2-14-17-13(18-22-14)10-19-4-6-20(7-5-19)15(21)9-12-11-23-8-3-16-12/h12,16H,2-11H2,1H3. The van der Waals surface area contributed by atoms with E-state index in [1.165, 1.54) is 0 Å². The highest BCUT2D eigenvalue weighted by Crippen LogP contribution is 2.13. The Morgan fingerprint density at radius 2 is 2.22 bits per heavy atom. The molecule has 3 rings (SSSR count). The Kier molecular flexibility index (Phi) is 5.91. The molecule has 0 aromatic carbocycles. The van der Waals surface area contributed by atoms with Crippen molar-refractivity contribution < 1.29 is 9.32 Å². The fourth-order valence-electron chi connectivity index (χ4n) is 2.94. The van der Waals surface area contributed by atoms with Crippen molar-refractivity contribution in [3.05, 3.63) is 11.7 Å². The van der Waals surface area contributed by atoms with E-state index < -0.39 is 0 Å². The van der Waals surface area contributed by atoms with E-state index in [-0.39, 0.29) is 5.91 Å². The normalized spacial score (nSPS) is 23.2. The summed E-state index contributed by atoms with van der Waals surface area (Å²) in [4.78, 5) is 21.0. The summed E-state index contributed by atoms with van der Waals surface area (Å²) in [6, 6.07) is 0.339. The number of aromatic nitrogens is 2. The van der Waals surface area contributed by atoms with E-state index in [1.54, 1.807) is 0 Å². The molecule has 2 saturated heterocycles. The fraction of sp³-hybridized carbons (Fsp3) is 0.800. The molecular weight excluding hydrogens is 314 g/mol. The first-order valence-electron chi connectivity index (χ1n) is 8.37. The van der Waals surface area contributed by atoms with Gasteiger partial charge in [0.25, 0.3) is 0 Å². The Bertz CT molecular complexity index is 510. The third-order valence-electron chi connectivity index (χ3n) is 4.32. The zero-order valence-electron chi connectivity index (χ0n) is 13.7. The summed E-state index contributed by atoms with van der Waals surface area (Å²) >= 11 is 1.93. The van der Waals surface area contributed by atoms with Crippen LogP contribution in [0.15, 0.2) is 4.52 Å². The molecule has 2 aliphatic rings. The molecule has 128 valence electrons. The summed E-state index contributed by atoms with van der Waals surface area (Å²) in [5, 5.41) is 7.43. The van der Waals surface area contributed by atoms with Crippen molar-refractivity contribution >= 4 is 17.7 Å². The molecule has 2 fully saturated rings. The number of hydrogen-bond donors (Lipinski definition) is 1. The van der Waals surface area contributed by atoms with Crippen LogP contribution in [0.1, 0.15) is 25.1 Å². The second kappa shape index (κ2) is 8.12. The largest absolute Gasteiger partial charge is 0.340 e. The molecule has 23 heavy (non-hydrogen) atoms. The molecule has 1 amide bonds. The lowest BCUT2D eigenvalue weighted by atomic mass is 10.2. The van der Waals surface area contributed by atoms with Crippen molar-refractivity contribution in [2.45, 2.75) is 32.4 Å². The van der Waals surface area contributed by atoms with E-state index in [1.807, 2.05) is 23.6 Å². The third-order valence-corrected chi connectivity index (χ3v) is 5.45. The molecule has 0 radical (unpaired) electrons. The quantitative estimate of drug-likeness (QED) is 0.831. The first kappa shape index (κ1) is 16.7. The van der Waals surface area contributed by atoms with Gasteiger partial charge in [-0.1, -0.05) is 12.1 Å². The Hall–Kier alpha value is -1.12. The van der Waals surface area contributed by atoms with Crippen LogP contribution >= 0.6 is 11.8 Å². The minimum Gasteiger partial charge on any atom is -0.340 e. The van der Waals surface area contributed by atoms with E-state index in [2.05, 4.69) is 20.4 Å². The van der Waals surface area contributed by atoms with Crippen LogP contribution in [0.5, 0.6) is 0 Å². The van der Waals surface area contributed by atoms with Gasteiger partial charge in [-0.3, -0.25) is 9.69 Å². The number of carbonyl (C=O) groups excluding carboxylic acids is 1. The molecule has 3 heterocycles. The number of nitrogens with zero attached hydrogens (tertiary/aromatic N) is 4. The highest BCUT2D eigenvalue weighted by Gasteiger charge is 2.25. The number of piperazine rings is 1. The molecule has 2 aliphatic heterocycles. The van der Waals surface area contributed by atoms with Gasteiger partial charge in [0.1, 0.15) is 0 Å². The number of thioether (sulfide) groups is 1. The number of rotatable bonds is 5. The highest BCUT2D eigenvalue weighted by atomic mass is 32.2. The van der Waals surface area contributed by atoms with Gasteiger partial charge < -0.3 is 14.7 Å². The lowest BCUT2D eigenvalue weighted by molar-refractivity contribution is -0.133. The second-order valence-corrected chi connectivity index (χ2v) is 7.19. The van der Waals surface area contributed by atoms with Crippen molar-refractivity contribution in [3.8, 4) is 0 Å². The number of aryl methyl sites for hydroxylation is 1. The maximum atomic E-state index is 12.4. The Labute approximate surface area is 141 Å². The lowest BCUT2D eigenvalue weighted by Gasteiger charge is -2.35. The van der Waals surface area contributed by atoms with Gasteiger partial charge in [0.05, 0.1) is 6.54 Å². The first-order valence-corrected chi connectivity index (χ1v) is 9.52. The number of carbonyl (C=O) groups is 1. The SMILES string of the molecule is CCc1nc(CN2CCN(C(=O)CC3CSCCN3)CC2)no1. The van der Waals surface area contributed by atoms with Crippen LogP contribution in [-0.2, 0) is 17.8 Å². The van der Waals surface area contributed by atoms with Crippen molar-refractivity contribution in [1.29, 1.82) is 0 Å². The van der Waals surface area contributed by atoms with Gasteiger partial charge in [-0.05, 0) is 0 Å². The molecule has 1 N–H and O–H groups in total. The average molecular weight is 339 g/mol. The van der Waals surface area contributed by atoms with E-state index in [0.29, 0.717) is 24.9 Å². The molecular formula is C15H25N5O2S. The topological polar surface area (TPSA) is 74.5 Å². The monoisotopic (exact) mass is 339 g/mol. The molecule has 8 heteroatoms. The van der Waals surface area contributed by atoms with Crippen LogP contribution in [-0.4, -0.2) is 76.1 Å². The number of hydrogen-bond acceptors (Lipinski definition) is 7. The number of nitrogens with one attached hydrogen (secondary N) is 1. The summed E-state index contributed by atoms with van der Waals surface area (Å²) in [7, 11) is 0. The molecule has 1 unspecified atom stereocenters. The number of amides is 1. The van der Waals surface area contributed by atoms with E-state index in [4.69, 9.17) is 4.52 Å². The van der Waals surface area contributed by atoms with E-state index >= 15 is 0 Å². The van der Waals surface area contributed by atoms with Crippen molar-refractivity contribution in [2.24, 2.45) is 0 Å². The highest BCUT2D eigenvalue weighted by molar-refractivity contribution is 7.99. The van der Waals surface area contributed by atoms with E-state index in [0.717, 1.165) is 56.5 Å². The van der Waals surface area contributed by atoms with Gasteiger partial charge in [0.15, 0.2) is 5.82 Å². The van der Waals surface area contributed by atoms with Gasteiger partial charge in [-0.2, -0.15) is 16.7 Å². The average Bonchev–Trinajstić information content (AvgIpc) is 3.04. The predicted molar refractivity (Wildman–Crippen MR) is 89.3 cm³/mol. The molecule has 1 atom stereocenters. The van der Waals surface area contributed by atoms with Crippen molar-refractivity contribution in [3.63, 3.8) is 0 Å².